The summed E-state index contributed by atoms with van der Waals surface area (Å²) in [5.41, 5.74) is 1.21. The summed E-state index contributed by atoms with van der Waals surface area (Å²) in [4.78, 5) is 15.7. The third kappa shape index (κ3) is 2.97. The molecule has 1 aliphatic rings. The van der Waals surface area contributed by atoms with Crippen LogP contribution in [0, 0.1) is 0 Å². The van der Waals surface area contributed by atoms with Crippen LogP contribution in [-0.4, -0.2) is 17.6 Å². The lowest BCUT2D eigenvalue weighted by Crippen LogP contribution is -2.04. The van der Waals surface area contributed by atoms with Crippen LogP contribution in [0.4, 0.5) is 0 Å². The van der Waals surface area contributed by atoms with Gasteiger partial charge in [0.05, 0.1) is 0 Å². The number of esters is 1. The summed E-state index contributed by atoms with van der Waals surface area (Å²) < 4.78 is 5.12. The zero-order valence-electron chi connectivity index (χ0n) is 9.55. The third-order valence-electron chi connectivity index (χ3n) is 2.16. The highest BCUT2D eigenvalue weighted by Gasteiger charge is 2.23. The molecule has 0 fully saturated rings. The van der Waals surface area contributed by atoms with Crippen molar-refractivity contribution in [3.63, 3.8) is 0 Å². The Kier molecular flexibility index (Phi) is 3.98. The Morgan fingerprint density at radius 2 is 2.12 bits per heavy atom. The fraction of sp³-hybridized carbons (Fsp3) is 0.231. The molecule has 17 heavy (non-hydrogen) atoms. The van der Waals surface area contributed by atoms with Crippen molar-refractivity contribution in [2.24, 2.45) is 4.99 Å². The van der Waals surface area contributed by atoms with Crippen molar-refractivity contribution < 1.29 is 9.53 Å². The lowest BCUT2D eigenvalue weighted by molar-refractivity contribution is -0.130. The smallest absolute Gasteiger partial charge is 0.364 e. The van der Waals surface area contributed by atoms with Gasteiger partial charge in [-0.05, 0) is 24.3 Å². The van der Waals surface area contributed by atoms with Crippen LogP contribution in [0.2, 0.25) is 0 Å². The van der Waals surface area contributed by atoms with Gasteiger partial charge in [-0.1, -0.05) is 25.1 Å². The van der Waals surface area contributed by atoms with Crippen LogP contribution >= 0.6 is 11.8 Å². The minimum atomic E-state index is -0.368. The van der Waals surface area contributed by atoms with Crippen LogP contribution < -0.4 is 0 Å². The van der Waals surface area contributed by atoms with Crippen LogP contribution in [0.1, 0.15) is 18.9 Å². The summed E-state index contributed by atoms with van der Waals surface area (Å²) in [7, 11) is 0. The molecule has 0 atom stereocenters. The molecule has 0 unspecified atom stereocenters. The summed E-state index contributed by atoms with van der Waals surface area (Å²) in [6.07, 6.45) is 1.07. The monoisotopic (exact) mass is 247 g/mol. The van der Waals surface area contributed by atoms with E-state index in [1.54, 1.807) is 17.2 Å². The standard InChI is InChI=1S/C13H13NO2S/c1-2-8-17-9-11-13(15)16-12(14-11)10-6-4-3-5-7-10/h3-7,9H,2,8H2,1H3/b11-9+. The fourth-order valence-corrected chi connectivity index (χ4v) is 2.01. The van der Waals surface area contributed by atoms with E-state index in [-0.39, 0.29) is 5.97 Å². The van der Waals surface area contributed by atoms with E-state index in [2.05, 4.69) is 11.9 Å². The van der Waals surface area contributed by atoms with Crippen molar-refractivity contribution in [3.05, 3.63) is 47.0 Å². The summed E-state index contributed by atoms with van der Waals surface area (Å²) in [6, 6.07) is 9.43. The van der Waals surface area contributed by atoms with Gasteiger partial charge in [-0.2, -0.15) is 0 Å². The molecule has 1 aromatic rings. The number of hydrogen-bond donors (Lipinski definition) is 0. The van der Waals surface area contributed by atoms with E-state index in [1.165, 1.54) is 0 Å². The average Bonchev–Trinajstić information content (AvgIpc) is 2.73. The van der Waals surface area contributed by atoms with Crippen molar-refractivity contribution >= 4 is 23.6 Å². The number of benzene rings is 1. The Morgan fingerprint density at radius 1 is 1.35 bits per heavy atom. The molecular weight excluding hydrogens is 234 g/mol. The van der Waals surface area contributed by atoms with E-state index in [0.717, 1.165) is 17.7 Å². The van der Waals surface area contributed by atoms with Gasteiger partial charge in [-0.3, -0.25) is 0 Å². The zero-order chi connectivity index (χ0) is 12.1. The molecule has 0 saturated heterocycles. The van der Waals surface area contributed by atoms with Crippen LogP contribution in [0.3, 0.4) is 0 Å². The molecule has 0 saturated carbocycles. The molecule has 1 aliphatic heterocycles. The number of hydrogen-bond acceptors (Lipinski definition) is 4. The zero-order valence-corrected chi connectivity index (χ0v) is 10.4. The maximum atomic E-state index is 11.5. The number of nitrogens with zero attached hydrogens (tertiary/aromatic N) is 1. The molecule has 2 rings (SSSR count). The maximum absolute atomic E-state index is 11.5. The first kappa shape index (κ1) is 11.9. The number of carbonyl (C=O) groups excluding carboxylic acids is 1. The van der Waals surface area contributed by atoms with Crippen LogP contribution in [-0.2, 0) is 9.53 Å². The van der Waals surface area contributed by atoms with Crippen molar-refractivity contribution in [1.29, 1.82) is 0 Å². The molecule has 0 spiro atoms. The van der Waals surface area contributed by atoms with Crippen molar-refractivity contribution in [1.82, 2.24) is 0 Å². The first-order chi connectivity index (χ1) is 8.31. The fourth-order valence-electron chi connectivity index (χ4n) is 1.35. The minimum Gasteiger partial charge on any atom is -0.402 e. The van der Waals surface area contributed by atoms with Crippen molar-refractivity contribution in [2.45, 2.75) is 13.3 Å². The second-order valence-electron chi connectivity index (χ2n) is 3.55. The molecule has 1 heterocycles. The molecule has 0 aromatic heterocycles. The lowest BCUT2D eigenvalue weighted by atomic mass is 10.2. The van der Waals surface area contributed by atoms with Gasteiger partial charge in [0.2, 0.25) is 5.90 Å². The molecule has 3 nitrogen and oxygen atoms in total. The Labute approximate surface area is 105 Å². The highest BCUT2D eigenvalue weighted by molar-refractivity contribution is 8.02. The Balaban J connectivity index is 2.14. The van der Waals surface area contributed by atoms with Gasteiger partial charge >= 0.3 is 5.97 Å². The second-order valence-corrected chi connectivity index (χ2v) is 4.52. The van der Waals surface area contributed by atoms with Gasteiger partial charge in [0.25, 0.3) is 0 Å². The topological polar surface area (TPSA) is 38.7 Å². The van der Waals surface area contributed by atoms with E-state index < -0.39 is 0 Å². The van der Waals surface area contributed by atoms with E-state index in [1.807, 2.05) is 30.3 Å². The quantitative estimate of drug-likeness (QED) is 0.466. The van der Waals surface area contributed by atoms with Crippen LogP contribution in [0.5, 0.6) is 0 Å². The van der Waals surface area contributed by atoms with Gasteiger partial charge in [-0.25, -0.2) is 9.79 Å². The normalized spacial score (nSPS) is 17.1. The Hall–Kier alpha value is -1.55. The Bertz CT molecular complexity index is 466. The number of ether oxygens (including phenoxy) is 1. The lowest BCUT2D eigenvalue weighted by Gasteiger charge is -1.97. The van der Waals surface area contributed by atoms with E-state index in [4.69, 9.17) is 4.74 Å². The number of cyclic esters (lactones) is 1. The molecule has 0 N–H and O–H groups in total. The highest BCUT2D eigenvalue weighted by Crippen LogP contribution is 2.19. The van der Waals surface area contributed by atoms with E-state index in [9.17, 15) is 4.79 Å². The van der Waals surface area contributed by atoms with Gasteiger partial charge < -0.3 is 4.74 Å². The van der Waals surface area contributed by atoms with E-state index >= 15 is 0 Å². The SMILES string of the molecule is CCCS/C=C1/N=C(c2ccccc2)OC1=O. The Morgan fingerprint density at radius 3 is 2.82 bits per heavy atom. The van der Waals surface area contributed by atoms with Gasteiger partial charge in [0.1, 0.15) is 0 Å². The van der Waals surface area contributed by atoms with Gasteiger partial charge in [-0.15, -0.1) is 11.8 Å². The van der Waals surface area contributed by atoms with Gasteiger partial charge in [0.15, 0.2) is 5.70 Å². The number of rotatable bonds is 4. The molecular formula is C13H13NO2S. The maximum Gasteiger partial charge on any atom is 0.364 e. The first-order valence-electron chi connectivity index (χ1n) is 5.49. The number of thioether (sulfide) groups is 1. The summed E-state index contributed by atoms with van der Waals surface area (Å²) in [5.74, 6) is 0.999. The molecule has 0 amide bonds. The largest absolute Gasteiger partial charge is 0.402 e. The van der Waals surface area contributed by atoms with Crippen molar-refractivity contribution in [2.75, 3.05) is 5.75 Å². The molecule has 4 heteroatoms. The average molecular weight is 247 g/mol. The minimum absolute atomic E-state index is 0.368. The molecule has 1 aromatic carbocycles. The number of carbonyl (C=O) groups is 1. The summed E-state index contributed by atoms with van der Waals surface area (Å²) >= 11 is 1.58. The molecule has 0 aliphatic carbocycles. The van der Waals surface area contributed by atoms with Crippen LogP contribution in [0.25, 0.3) is 0 Å². The number of aliphatic imine (C=N–C) groups is 1. The first-order valence-corrected chi connectivity index (χ1v) is 6.54. The summed E-state index contributed by atoms with van der Waals surface area (Å²) in [5, 5.41) is 1.77. The van der Waals surface area contributed by atoms with Crippen molar-refractivity contribution in [3.8, 4) is 0 Å². The predicted octanol–water partition coefficient (Wildman–Crippen LogP) is 2.97. The second kappa shape index (κ2) is 5.68. The third-order valence-corrected chi connectivity index (χ3v) is 3.19. The molecule has 88 valence electrons. The van der Waals surface area contributed by atoms with E-state index in [0.29, 0.717) is 11.6 Å². The van der Waals surface area contributed by atoms with Gasteiger partial charge in [0, 0.05) is 11.0 Å². The van der Waals surface area contributed by atoms with Crippen LogP contribution in [0.15, 0.2) is 46.4 Å². The summed E-state index contributed by atoms with van der Waals surface area (Å²) in [6.45, 7) is 2.09. The predicted molar refractivity (Wildman–Crippen MR) is 69.9 cm³/mol. The highest BCUT2D eigenvalue weighted by atomic mass is 32.2. The molecule has 0 radical (unpaired) electrons. The molecule has 0 bridgehead atoms.